The number of nitrogens with zero attached hydrogens (tertiary/aromatic N) is 4. The summed E-state index contributed by atoms with van der Waals surface area (Å²) in [6, 6.07) is 11.7. The maximum atomic E-state index is 14.0. The van der Waals surface area contributed by atoms with Gasteiger partial charge in [0, 0.05) is 30.7 Å². The molecule has 0 spiro atoms. The van der Waals surface area contributed by atoms with Gasteiger partial charge < -0.3 is 45.2 Å². The Labute approximate surface area is 369 Å². The Morgan fingerprint density at radius 2 is 1.21 bits per heavy atom. The van der Waals surface area contributed by atoms with Gasteiger partial charge in [-0.3, -0.25) is 9.59 Å². The van der Waals surface area contributed by atoms with Crippen LogP contribution in [0.2, 0.25) is 0 Å². The lowest BCUT2D eigenvalue weighted by Gasteiger charge is -2.37. The molecule has 7 atom stereocenters. The van der Waals surface area contributed by atoms with E-state index in [0.717, 1.165) is 91.1 Å². The highest BCUT2D eigenvalue weighted by atomic mass is 16.5. The molecule has 5 N–H and O–H groups in total. The van der Waals surface area contributed by atoms with Crippen LogP contribution >= 0.6 is 0 Å². The van der Waals surface area contributed by atoms with E-state index in [1.807, 2.05) is 49.9 Å². The minimum atomic E-state index is -0.700. The molecule has 2 aromatic heterocycles. The largest absolute Gasteiger partial charge is 0.453 e. The van der Waals surface area contributed by atoms with E-state index in [4.69, 9.17) is 19.4 Å². The van der Waals surface area contributed by atoms with Crippen molar-refractivity contribution >= 4 is 24.0 Å². The molecular weight excluding hydrogens is 799 g/mol. The lowest BCUT2D eigenvalue weighted by atomic mass is 9.77. The molecule has 3 fully saturated rings. The Hall–Kier alpha value is -5.70. The van der Waals surface area contributed by atoms with Gasteiger partial charge in [-0.15, -0.1) is 0 Å². The number of carbonyl (C=O) groups is 4. The van der Waals surface area contributed by atoms with Crippen molar-refractivity contribution in [1.29, 1.82) is 0 Å². The van der Waals surface area contributed by atoms with Crippen LogP contribution in [0.1, 0.15) is 133 Å². The van der Waals surface area contributed by atoms with E-state index in [1.54, 1.807) is 0 Å². The number of benzene rings is 2. The highest BCUT2D eigenvalue weighted by molar-refractivity contribution is 5.87. The molecule has 15 heteroatoms. The van der Waals surface area contributed by atoms with E-state index in [0.29, 0.717) is 19.0 Å². The summed E-state index contributed by atoms with van der Waals surface area (Å²) >= 11 is 0. The van der Waals surface area contributed by atoms with Crippen molar-refractivity contribution in [2.24, 2.45) is 17.8 Å². The van der Waals surface area contributed by atoms with E-state index in [1.165, 1.54) is 30.9 Å². The SMILES string of the molecule is CCC1CC2NC1c1c(-c3cnc(C4CCCCN4C(=O)C(NC(=O)OC)C(C)C)[nH]3)ccc(-c3ccc(-c4cnc(C5CCCCN5C(=O)C(NC(=O)OC)C(C)C)[nH]4)cc3)c12. The van der Waals surface area contributed by atoms with Gasteiger partial charge in [-0.25, -0.2) is 19.6 Å². The van der Waals surface area contributed by atoms with Gasteiger partial charge in [0.15, 0.2) is 0 Å². The number of piperidine rings is 2. The zero-order chi connectivity index (χ0) is 44.5. The minimum Gasteiger partial charge on any atom is -0.453 e. The first-order valence-corrected chi connectivity index (χ1v) is 22.9. The number of likely N-dealkylation sites (tertiary alicyclic amines) is 2. The predicted molar refractivity (Wildman–Crippen MR) is 239 cm³/mol. The topological polar surface area (TPSA) is 187 Å². The van der Waals surface area contributed by atoms with Gasteiger partial charge in [-0.1, -0.05) is 77.4 Å². The molecule has 15 nitrogen and oxygen atoms in total. The van der Waals surface area contributed by atoms with Gasteiger partial charge in [-0.2, -0.15) is 0 Å². The zero-order valence-electron chi connectivity index (χ0n) is 37.6. The number of hydrogen-bond donors (Lipinski definition) is 5. The van der Waals surface area contributed by atoms with E-state index < -0.39 is 24.3 Å². The fourth-order valence-electron chi connectivity index (χ4n) is 10.5. The summed E-state index contributed by atoms with van der Waals surface area (Å²) in [5.74, 6) is 1.54. The van der Waals surface area contributed by atoms with Crippen molar-refractivity contribution in [1.82, 2.24) is 45.7 Å². The maximum Gasteiger partial charge on any atom is 0.407 e. The Kier molecular flexibility index (Phi) is 12.9. The Morgan fingerprint density at radius 1 is 0.698 bits per heavy atom. The average molecular weight is 862 g/mol. The van der Waals surface area contributed by atoms with Crippen molar-refractivity contribution in [2.75, 3.05) is 27.3 Å². The third-order valence-corrected chi connectivity index (χ3v) is 13.8. The molecule has 2 bridgehead atoms. The molecule has 0 radical (unpaired) electrons. The molecule has 3 saturated heterocycles. The molecule has 4 aliphatic heterocycles. The van der Waals surface area contributed by atoms with Crippen LogP contribution in [0.3, 0.4) is 0 Å². The smallest absolute Gasteiger partial charge is 0.407 e. The first-order valence-electron chi connectivity index (χ1n) is 22.9. The second-order valence-electron chi connectivity index (χ2n) is 18.3. The molecule has 0 saturated carbocycles. The van der Waals surface area contributed by atoms with Crippen LogP contribution in [-0.2, 0) is 19.1 Å². The van der Waals surface area contributed by atoms with Crippen molar-refractivity contribution in [3.05, 3.63) is 71.6 Å². The molecule has 4 amide bonds. The average Bonchev–Trinajstić information content (AvgIpc) is 4.14. The summed E-state index contributed by atoms with van der Waals surface area (Å²) in [4.78, 5) is 72.8. The molecule has 63 heavy (non-hydrogen) atoms. The van der Waals surface area contributed by atoms with E-state index >= 15 is 0 Å². The third kappa shape index (κ3) is 8.55. The number of methoxy groups -OCH3 is 2. The second kappa shape index (κ2) is 18.6. The van der Waals surface area contributed by atoms with E-state index in [-0.39, 0.29) is 47.8 Å². The van der Waals surface area contributed by atoms with Crippen molar-refractivity contribution in [3.8, 4) is 33.6 Å². The highest BCUT2D eigenvalue weighted by Gasteiger charge is 2.46. The number of H-pyrrole nitrogens is 2. The number of carbonyl (C=O) groups excluding carboxylic acids is 4. The Bertz CT molecular complexity index is 2300. The van der Waals surface area contributed by atoms with Crippen LogP contribution in [0.4, 0.5) is 9.59 Å². The van der Waals surface area contributed by atoms with Crippen molar-refractivity contribution < 1.29 is 28.7 Å². The number of rotatable bonds is 12. The third-order valence-electron chi connectivity index (χ3n) is 13.8. The van der Waals surface area contributed by atoms with Gasteiger partial charge in [0.1, 0.15) is 23.7 Å². The molecule has 4 aromatic rings. The number of aromatic amines is 2. The molecule has 0 aliphatic carbocycles. The van der Waals surface area contributed by atoms with Crippen molar-refractivity contribution in [3.63, 3.8) is 0 Å². The molecule has 336 valence electrons. The quantitative estimate of drug-likeness (QED) is 0.0938. The van der Waals surface area contributed by atoms with Gasteiger partial charge in [0.25, 0.3) is 0 Å². The molecule has 7 unspecified atom stereocenters. The molecule has 6 heterocycles. The van der Waals surface area contributed by atoms with Gasteiger partial charge >= 0.3 is 12.2 Å². The maximum absolute atomic E-state index is 14.0. The minimum absolute atomic E-state index is 0.112. The van der Waals surface area contributed by atoms with Gasteiger partial charge in [-0.05, 0) is 90.5 Å². The predicted octanol–water partition coefficient (Wildman–Crippen LogP) is 8.12. The fourth-order valence-corrected chi connectivity index (χ4v) is 10.5. The summed E-state index contributed by atoms with van der Waals surface area (Å²) in [5, 5.41) is 9.46. The second-order valence-corrected chi connectivity index (χ2v) is 18.3. The molecule has 4 aliphatic rings. The fraction of sp³-hybridized carbons (Fsp3) is 0.542. The first-order chi connectivity index (χ1) is 30.4. The standard InChI is InChI=1S/C48H63N9O6/c1-8-28-23-33-38-31(29-15-17-30(18-16-29)34-24-49-43(52-34)36-13-9-11-21-56(36)45(58)40(26(2)3)54-47(60)62-6)19-20-32(39(38)42(28)51-33)35-25-50-44(53-35)37-14-10-12-22-57(37)46(59)41(27(4)5)55-48(61)63-7/h15-20,24-28,33,36-37,40-42,51H,8-14,21-23H2,1-7H3,(H,49,52)(H,50,53)(H,54,60)(H,55,61). The molecule has 2 aromatic carbocycles. The van der Waals surface area contributed by atoms with E-state index in [9.17, 15) is 19.2 Å². The summed E-state index contributed by atoms with van der Waals surface area (Å²) in [7, 11) is 2.61. The number of amides is 4. The van der Waals surface area contributed by atoms with Gasteiger partial charge in [0.05, 0.1) is 50.1 Å². The van der Waals surface area contributed by atoms with Crippen LogP contribution < -0.4 is 16.0 Å². The van der Waals surface area contributed by atoms with Crippen LogP contribution in [0.25, 0.3) is 33.6 Å². The van der Waals surface area contributed by atoms with Crippen LogP contribution in [0.15, 0.2) is 48.8 Å². The van der Waals surface area contributed by atoms with Crippen LogP contribution in [0, 0.1) is 17.8 Å². The monoisotopic (exact) mass is 861 g/mol. The van der Waals surface area contributed by atoms with Crippen LogP contribution in [-0.4, -0.2) is 93.1 Å². The van der Waals surface area contributed by atoms with Crippen LogP contribution in [0.5, 0.6) is 0 Å². The zero-order valence-corrected chi connectivity index (χ0v) is 37.6. The highest BCUT2D eigenvalue weighted by Crippen LogP contribution is 2.55. The summed E-state index contributed by atoms with van der Waals surface area (Å²) < 4.78 is 9.66. The number of hydrogen-bond acceptors (Lipinski definition) is 9. The normalized spacial score (nSPS) is 22.8. The number of aromatic nitrogens is 4. The lowest BCUT2D eigenvalue weighted by molar-refractivity contribution is -0.139. The van der Waals surface area contributed by atoms with E-state index in [2.05, 4.69) is 69.2 Å². The molecular formula is C48H63N9O6. The molecule has 8 rings (SSSR count). The Morgan fingerprint density at radius 3 is 1.73 bits per heavy atom. The number of fused-ring (bicyclic) bond motifs is 5. The summed E-state index contributed by atoms with van der Waals surface area (Å²) in [5.41, 5.74) is 8.93. The number of ether oxygens (including phenoxy) is 2. The number of alkyl carbamates (subject to hydrolysis) is 2. The van der Waals surface area contributed by atoms with Gasteiger partial charge in [0.2, 0.25) is 11.8 Å². The summed E-state index contributed by atoms with van der Waals surface area (Å²) in [6.07, 6.45) is 10.0. The number of imidazole rings is 2. The lowest BCUT2D eigenvalue weighted by Crippen LogP contribution is -2.53. The Balaban J connectivity index is 1.05. The first kappa shape index (κ1) is 43.9. The number of nitrogens with one attached hydrogen (secondary N) is 5. The van der Waals surface area contributed by atoms with Crippen molar-refractivity contribution in [2.45, 2.75) is 122 Å². The summed E-state index contributed by atoms with van der Waals surface area (Å²) in [6.45, 7) is 11.2.